The van der Waals surface area contributed by atoms with E-state index in [4.69, 9.17) is 5.73 Å². The van der Waals surface area contributed by atoms with Crippen molar-refractivity contribution in [2.24, 2.45) is 5.73 Å². The van der Waals surface area contributed by atoms with Crippen LogP contribution in [0.1, 0.15) is 28.3 Å². The third-order valence-electron chi connectivity index (χ3n) is 2.62. The van der Waals surface area contributed by atoms with Crippen LogP contribution in [0.4, 0.5) is 0 Å². The van der Waals surface area contributed by atoms with Crippen molar-refractivity contribution in [1.29, 1.82) is 0 Å². The van der Waals surface area contributed by atoms with Crippen molar-refractivity contribution in [2.45, 2.75) is 19.9 Å². The molecule has 0 aliphatic rings. The summed E-state index contributed by atoms with van der Waals surface area (Å²) in [5, 5.41) is 0. The highest BCUT2D eigenvalue weighted by atomic mass is 79.9. The van der Waals surface area contributed by atoms with Gasteiger partial charge in [0, 0.05) is 0 Å². The van der Waals surface area contributed by atoms with Gasteiger partial charge in [-0.1, -0.05) is 29.3 Å². The Morgan fingerprint density at radius 1 is 1.06 bits per heavy atom. The maximum Gasteiger partial charge on any atom is 0.0761 e. The van der Waals surface area contributed by atoms with Gasteiger partial charge in [-0.05, 0) is 62.9 Å². The molecule has 0 bridgehead atoms. The first-order valence-corrected chi connectivity index (χ1v) is 7.66. The molecule has 1 aromatic carbocycles. The first-order valence-electron chi connectivity index (χ1n) is 5.26. The Labute approximate surface area is 122 Å². The quantitative estimate of drug-likeness (QED) is 0.791. The summed E-state index contributed by atoms with van der Waals surface area (Å²) in [6.45, 7) is 4.20. The van der Waals surface area contributed by atoms with E-state index in [1.54, 1.807) is 11.3 Å². The molecular weight excluding hydrogens is 362 g/mol. The zero-order valence-electron chi connectivity index (χ0n) is 9.63. The third-order valence-corrected chi connectivity index (χ3v) is 5.01. The fraction of sp³-hybridized carbons (Fsp3) is 0.231. The van der Waals surface area contributed by atoms with Gasteiger partial charge in [-0.25, -0.2) is 0 Å². The van der Waals surface area contributed by atoms with Gasteiger partial charge >= 0.3 is 0 Å². The summed E-state index contributed by atoms with van der Waals surface area (Å²) >= 11 is 8.70. The zero-order chi connectivity index (χ0) is 12.6. The van der Waals surface area contributed by atoms with Crippen molar-refractivity contribution >= 4 is 43.2 Å². The summed E-state index contributed by atoms with van der Waals surface area (Å²) in [5.41, 5.74) is 11.1. The zero-order valence-corrected chi connectivity index (χ0v) is 13.6. The van der Waals surface area contributed by atoms with E-state index in [1.807, 2.05) is 0 Å². The molecule has 1 aromatic heterocycles. The van der Waals surface area contributed by atoms with Gasteiger partial charge in [0.25, 0.3) is 0 Å². The number of aryl methyl sites for hydroxylation is 2. The second kappa shape index (κ2) is 5.22. The monoisotopic (exact) mass is 373 g/mol. The lowest BCUT2D eigenvalue weighted by Crippen LogP contribution is -2.11. The molecule has 1 atom stereocenters. The number of nitrogens with two attached hydrogens (primary N) is 1. The lowest BCUT2D eigenvalue weighted by molar-refractivity contribution is 0.868. The molecule has 1 nitrogen and oxygen atoms in total. The van der Waals surface area contributed by atoms with E-state index in [0.29, 0.717) is 0 Å². The molecule has 2 N–H and O–H groups in total. The molecule has 2 rings (SSSR count). The van der Waals surface area contributed by atoms with Crippen LogP contribution in [0.25, 0.3) is 0 Å². The minimum absolute atomic E-state index is 0.0782. The first-order chi connectivity index (χ1) is 7.97. The molecule has 0 aliphatic carbocycles. The molecular formula is C13H13Br2NS. The predicted molar refractivity (Wildman–Crippen MR) is 81.7 cm³/mol. The number of benzene rings is 1. The van der Waals surface area contributed by atoms with Gasteiger partial charge in [-0.2, -0.15) is 0 Å². The lowest BCUT2D eigenvalue weighted by atomic mass is 9.98. The molecule has 2 aromatic rings. The molecule has 1 heterocycles. The summed E-state index contributed by atoms with van der Waals surface area (Å²) in [6.07, 6.45) is 0. The predicted octanol–water partition coefficient (Wildman–Crippen LogP) is 4.94. The van der Waals surface area contributed by atoms with E-state index in [-0.39, 0.29) is 6.04 Å². The van der Waals surface area contributed by atoms with Crippen molar-refractivity contribution < 1.29 is 0 Å². The Morgan fingerprint density at radius 3 is 2.12 bits per heavy atom. The summed E-state index contributed by atoms with van der Waals surface area (Å²) < 4.78 is 2.19. The highest BCUT2D eigenvalue weighted by Gasteiger charge is 2.15. The maximum absolute atomic E-state index is 6.32. The van der Waals surface area contributed by atoms with E-state index >= 15 is 0 Å². The summed E-state index contributed by atoms with van der Waals surface area (Å²) in [5.74, 6) is 0. The maximum atomic E-state index is 6.32. The van der Waals surface area contributed by atoms with E-state index in [1.165, 1.54) is 11.1 Å². The smallest absolute Gasteiger partial charge is 0.0761 e. The van der Waals surface area contributed by atoms with Crippen molar-refractivity contribution in [2.75, 3.05) is 0 Å². The van der Waals surface area contributed by atoms with Crippen LogP contribution in [-0.2, 0) is 0 Å². The average molecular weight is 375 g/mol. The van der Waals surface area contributed by atoms with Crippen LogP contribution in [0.3, 0.4) is 0 Å². The average Bonchev–Trinajstić information content (AvgIpc) is 2.55. The fourth-order valence-corrected chi connectivity index (χ4v) is 4.86. The van der Waals surface area contributed by atoms with Gasteiger partial charge in [0.15, 0.2) is 0 Å². The van der Waals surface area contributed by atoms with Gasteiger partial charge in [0.1, 0.15) is 0 Å². The van der Waals surface area contributed by atoms with Gasteiger partial charge in [-0.3, -0.25) is 0 Å². The van der Waals surface area contributed by atoms with Crippen LogP contribution < -0.4 is 5.73 Å². The van der Waals surface area contributed by atoms with Gasteiger partial charge in [0.2, 0.25) is 0 Å². The number of rotatable bonds is 2. The van der Waals surface area contributed by atoms with E-state index in [0.717, 1.165) is 18.7 Å². The minimum Gasteiger partial charge on any atom is -0.320 e. The molecule has 0 saturated carbocycles. The molecule has 17 heavy (non-hydrogen) atoms. The highest BCUT2D eigenvalue weighted by Crippen LogP contribution is 2.37. The van der Waals surface area contributed by atoms with Gasteiger partial charge in [0.05, 0.1) is 13.6 Å². The normalized spacial score (nSPS) is 12.8. The Kier molecular flexibility index (Phi) is 4.08. The Balaban J connectivity index is 2.43. The standard InChI is InChI=1S/C13H13Br2NS/c1-7-3-8(2)5-9(4-7)12(16)10-6-11(14)17-13(10)15/h3-6,12H,16H2,1-2H3. The van der Waals surface area contributed by atoms with Crippen molar-refractivity contribution in [1.82, 2.24) is 0 Å². The second-order valence-corrected chi connectivity index (χ2v) is 7.93. The third kappa shape index (κ3) is 2.99. The van der Waals surface area contributed by atoms with Crippen LogP contribution >= 0.6 is 43.2 Å². The fourth-order valence-electron chi connectivity index (χ4n) is 1.93. The molecule has 1 unspecified atom stereocenters. The summed E-state index contributed by atoms with van der Waals surface area (Å²) in [7, 11) is 0. The Morgan fingerprint density at radius 2 is 1.65 bits per heavy atom. The van der Waals surface area contributed by atoms with E-state index in [2.05, 4.69) is 70.0 Å². The molecule has 4 heteroatoms. The highest BCUT2D eigenvalue weighted by molar-refractivity contribution is 9.12. The number of hydrogen-bond acceptors (Lipinski definition) is 2. The molecule has 90 valence electrons. The molecule has 0 amide bonds. The largest absolute Gasteiger partial charge is 0.320 e. The molecule has 0 spiro atoms. The topological polar surface area (TPSA) is 26.0 Å². The van der Waals surface area contributed by atoms with Crippen LogP contribution in [0.15, 0.2) is 31.8 Å². The van der Waals surface area contributed by atoms with Gasteiger partial charge < -0.3 is 5.73 Å². The summed E-state index contributed by atoms with van der Waals surface area (Å²) in [6, 6.07) is 8.46. The van der Waals surface area contributed by atoms with Crippen LogP contribution in [-0.4, -0.2) is 0 Å². The Hall–Kier alpha value is -0.160. The lowest BCUT2D eigenvalue weighted by Gasteiger charge is -2.13. The van der Waals surface area contributed by atoms with Crippen molar-refractivity contribution in [3.05, 3.63) is 54.1 Å². The van der Waals surface area contributed by atoms with Crippen molar-refractivity contribution in [3.63, 3.8) is 0 Å². The second-order valence-electron chi connectivity index (χ2n) is 4.18. The van der Waals surface area contributed by atoms with Gasteiger partial charge in [-0.15, -0.1) is 11.3 Å². The molecule has 0 fully saturated rings. The van der Waals surface area contributed by atoms with E-state index < -0.39 is 0 Å². The molecule has 0 saturated heterocycles. The first kappa shape index (κ1) is 13.3. The number of halogens is 2. The number of thiophene rings is 1. The Bertz CT molecular complexity index is 528. The van der Waals surface area contributed by atoms with Crippen LogP contribution in [0.2, 0.25) is 0 Å². The summed E-state index contributed by atoms with van der Waals surface area (Å²) in [4.78, 5) is 0. The van der Waals surface area contributed by atoms with Crippen molar-refractivity contribution in [3.8, 4) is 0 Å². The van der Waals surface area contributed by atoms with Crippen LogP contribution in [0, 0.1) is 13.8 Å². The SMILES string of the molecule is Cc1cc(C)cc(C(N)c2cc(Br)sc2Br)c1. The molecule has 0 radical (unpaired) electrons. The number of hydrogen-bond donors (Lipinski definition) is 1. The molecule has 0 aliphatic heterocycles. The minimum atomic E-state index is -0.0782. The van der Waals surface area contributed by atoms with E-state index in [9.17, 15) is 0 Å². The van der Waals surface area contributed by atoms with Crippen LogP contribution in [0.5, 0.6) is 0 Å².